The third kappa shape index (κ3) is 5.77. The van der Waals surface area contributed by atoms with Gasteiger partial charge in [-0.15, -0.1) is 0 Å². The summed E-state index contributed by atoms with van der Waals surface area (Å²) in [5.41, 5.74) is -0.824. The number of phenols is 2. The molecular weight excluding hydrogens is 360 g/mol. The average Bonchev–Trinajstić information content (AvgIpc) is 2.44. The predicted molar refractivity (Wildman–Crippen MR) is 69.0 cm³/mol. The molecule has 2 aromatic carbocycles. The smallest absolute Gasteiger partial charge is 0.872 e. The number of phenolic OH excluding ortho intramolecular Hbond substituents is 2. The molecule has 8 nitrogen and oxygen atoms in total. The standard InChI is InChI=1S/2C7H6O4.Cu/c2*8-4-1-2-6(9)5(3-4)7(10)11;/h2*1-3,8-9H,(H,10,11);/q;;+2/p-2. The van der Waals surface area contributed by atoms with Gasteiger partial charge in [-0.05, 0) is 24.3 Å². The van der Waals surface area contributed by atoms with E-state index in [1.807, 2.05) is 0 Å². The third-order valence-corrected chi connectivity index (χ3v) is 2.39. The van der Waals surface area contributed by atoms with Crippen LogP contribution in [-0.2, 0) is 17.1 Å². The van der Waals surface area contributed by atoms with Gasteiger partial charge in [0.1, 0.15) is 11.5 Å². The zero-order valence-electron chi connectivity index (χ0n) is 11.2. The second kappa shape index (κ2) is 8.52. The number of aromatic hydroxyl groups is 2. The summed E-state index contributed by atoms with van der Waals surface area (Å²) in [4.78, 5) is 20.5. The SMILES string of the molecule is O=C(O)c1cc(O)ccc1[O-].O=C(O)c1cc(O)ccc1[O-].[Cu+2]. The number of hydrogen-bond acceptors (Lipinski definition) is 6. The summed E-state index contributed by atoms with van der Waals surface area (Å²) >= 11 is 0. The summed E-state index contributed by atoms with van der Waals surface area (Å²) in [5.74, 6) is -4.30. The van der Waals surface area contributed by atoms with E-state index in [4.69, 9.17) is 20.4 Å². The van der Waals surface area contributed by atoms with Crippen molar-refractivity contribution in [2.45, 2.75) is 0 Å². The molecule has 0 saturated heterocycles. The topological polar surface area (TPSA) is 161 Å². The molecule has 2 aromatic rings. The van der Waals surface area contributed by atoms with Gasteiger partial charge in [-0.25, -0.2) is 9.59 Å². The summed E-state index contributed by atoms with van der Waals surface area (Å²) in [5, 5.41) is 55.8. The number of aromatic carboxylic acids is 2. The van der Waals surface area contributed by atoms with Crippen molar-refractivity contribution in [3.05, 3.63) is 47.5 Å². The predicted octanol–water partition coefficient (Wildman–Crippen LogP) is 0.325. The number of carboxylic acids is 2. The molecule has 0 fully saturated rings. The molecule has 0 aliphatic heterocycles. The van der Waals surface area contributed by atoms with E-state index in [9.17, 15) is 19.8 Å². The van der Waals surface area contributed by atoms with Crippen LogP contribution in [0.1, 0.15) is 20.7 Å². The summed E-state index contributed by atoms with van der Waals surface area (Å²) < 4.78 is 0. The Kier molecular flexibility index (Phi) is 7.45. The summed E-state index contributed by atoms with van der Waals surface area (Å²) in [6.45, 7) is 0. The van der Waals surface area contributed by atoms with Crippen molar-refractivity contribution < 1.29 is 57.3 Å². The summed E-state index contributed by atoms with van der Waals surface area (Å²) in [6.07, 6.45) is 0. The van der Waals surface area contributed by atoms with Crippen LogP contribution in [0.25, 0.3) is 0 Å². The molecule has 0 aromatic heterocycles. The minimum absolute atomic E-state index is 0. The van der Waals surface area contributed by atoms with E-state index in [1.54, 1.807) is 0 Å². The minimum atomic E-state index is -1.33. The van der Waals surface area contributed by atoms with Crippen LogP contribution in [0.4, 0.5) is 0 Å². The van der Waals surface area contributed by atoms with Crippen LogP contribution in [0, 0.1) is 0 Å². The first-order valence-corrected chi connectivity index (χ1v) is 5.69. The Labute approximate surface area is 140 Å². The molecule has 0 amide bonds. The van der Waals surface area contributed by atoms with Gasteiger partial charge in [0.15, 0.2) is 0 Å². The van der Waals surface area contributed by atoms with Gasteiger partial charge < -0.3 is 30.6 Å². The first-order chi connectivity index (χ1) is 10.2. The Bertz CT molecular complexity index is 652. The first kappa shape index (κ1) is 20.1. The van der Waals surface area contributed by atoms with Crippen molar-refractivity contribution in [2.24, 2.45) is 0 Å². The number of carbonyl (C=O) groups is 2. The Morgan fingerprint density at radius 1 is 0.739 bits per heavy atom. The Morgan fingerprint density at radius 3 is 1.26 bits per heavy atom. The Balaban J connectivity index is 0.000000403. The normalized spacial score (nSPS) is 9.04. The van der Waals surface area contributed by atoms with E-state index in [0.717, 1.165) is 36.4 Å². The fraction of sp³-hybridized carbons (Fsp3) is 0. The van der Waals surface area contributed by atoms with E-state index in [1.165, 1.54) is 0 Å². The van der Waals surface area contributed by atoms with Crippen molar-refractivity contribution >= 4 is 11.9 Å². The maximum atomic E-state index is 10.7. The van der Waals surface area contributed by atoms with Crippen molar-refractivity contribution in [2.75, 3.05) is 0 Å². The van der Waals surface area contributed by atoms with Crippen LogP contribution >= 0.6 is 0 Å². The van der Waals surface area contributed by atoms with Gasteiger partial charge in [-0.3, -0.25) is 0 Å². The largest absolute Gasteiger partial charge is 2.00 e. The fourth-order valence-electron chi connectivity index (χ4n) is 1.37. The number of benzene rings is 2. The number of carboxylic acid groups (broad SMARTS) is 2. The van der Waals surface area contributed by atoms with Gasteiger partial charge in [0.2, 0.25) is 0 Å². The molecule has 0 spiro atoms. The van der Waals surface area contributed by atoms with Gasteiger partial charge in [0.05, 0.1) is 11.1 Å². The summed E-state index contributed by atoms with van der Waals surface area (Å²) in [6, 6.07) is 6.16. The molecule has 125 valence electrons. The molecular formula is C14H10CuO8. The van der Waals surface area contributed by atoms with Crippen molar-refractivity contribution in [3.8, 4) is 23.0 Å². The molecule has 0 heterocycles. The van der Waals surface area contributed by atoms with Crippen molar-refractivity contribution in [1.29, 1.82) is 0 Å². The van der Waals surface area contributed by atoms with Crippen LogP contribution < -0.4 is 10.2 Å². The third-order valence-electron chi connectivity index (χ3n) is 2.39. The number of hydrogen-bond donors (Lipinski definition) is 4. The first-order valence-electron chi connectivity index (χ1n) is 5.69. The quantitative estimate of drug-likeness (QED) is 0.550. The second-order valence-corrected chi connectivity index (χ2v) is 3.97. The molecule has 0 saturated carbocycles. The summed E-state index contributed by atoms with van der Waals surface area (Å²) in [7, 11) is 0. The molecule has 9 heteroatoms. The van der Waals surface area contributed by atoms with Crippen LogP contribution in [-0.4, -0.2) is 32.4 Å². The van der Waals surface area contributed by atoms with Gasteiger partial charge in [-0.2, -0.15) is 0 Å². The minimum Gasteiger partial charge on any atom is -0.872 e. The van der Waals surface area contributed by atoms with Crippen LogP contribution in [0.2, 0.25) is 0 Å². The van der Waals surface area contributed by atoms with E-state index >= 15 is 0 Å². The molecule has 4 N–H and O–H groups in total. The van der Waals surface area contributed by atoms with Crippen LogP contribution in [0.15, 0.2) is 36.4 Å². The maximum Gasteiger partial charge on any atom is 2.00 e. The molecule has 2 rings (SSSR count). The molecule has 0 unspecified atom stereocenters. The Morgan fingerprint density at radius 2 is 1.04 bits per heavy atom. The van der Waals surface area contributed by atoms with Crippen LogP contribution in [0.5, 0.6) is 23.0 Å². The van der Waals surface area contributed by atoms with Gasteiger partial charge in [-0.1, -0.05) is 23.6 Å². The monoisotopic (exact) mass is 369 g/mol. The zero-order valence-corrected chi connectivity index (χ0v) is 12.1. The van der Waals surface area contributed by atoms with E-state index in [-0.39, 0.29) is 28.6 Å². The van der Waals surface area contributed by atoms with Crippen molar-refractivity contribution in [1.82, 2.24) is 0 Å². The molecule has 23 heavy (non-hydrogen) atoms. The van der Waals surface area contributed by atoms with E-state index in [2.05, 4.69) is 0 Å². The maximum absolute atomic E-state index is 10.7. The second-order valence-electron chi connectivity index (χ2n) is 3.97. The molecule has 0 bridgehead atoms. The molecule has 1 radical (unpaired) electrons. The number of rotatable bonds is 2. The molecule has 0 atom stereocenters. The van der Waals surface area contributed by atoms with E-state index < -0.39 is 34.6 Å². The average molecular weight is 370 g/mol. The van der Waals surface area contributed by atoms with Crippen molar-refractivity contribution in [3.63, 3.8) is 0 Å². The molecule has 0 aliphatic rings. The molecule has 0 aliphatic carbocycles. The van der Waals surface area contributed by atoms with Gasteiger partial charge in [0, 0.05) is 0 Å². The Hall–Kier alpha value is -2.90. The van der Waals surface area contributed by atoms with Gasteiger partial charge >= 0.3 is 29.0 Å². The van der Waals surface area contributed by atoms with Crippen LogP contribution in [0.3, 0.4) is 0 Å². The zero-order chi connectivity index (χ0) is 16.9. The van der Waals surface area contributed by atoms with Gasteiger partial charge in [0.25, 0.3) is 0 Å². The van der Waals surface area contributed by atoms with E-state index in [0.29, 0.717) is 0 Å². The fourth-order valence-corrected chi connectivity index (χ4v) is 1.37.